The van der Waals surface area contributed by atoms with Crippen molar-refractivity contribution < 1.29 is 24.6 Å². The zero-order chi connectivity index (χ0) is 19.5. The van der Waals surface area contributed by atoms with Gasteiger partial charge < -0.3 is 14.7 Å². The minimum Gasteiger partial charge on any atom is -0.492 e. The van der Waals surface area contributed by atoms with E-state index in [2.05, 4.69) is 0 Å². The number of hydroxylamine groups is 1. The number of carbonyl (C=O) groups excluding carboxylic acids is 2. The van der Waals surface area contributed by atoms with Crippen molar-refractivity contribution in [3.05, 3.63) is 71.8 Å². The average Bonchev–Trinajstić information content (AvgIpc) is 2.72. The van der Waals surface area contributed by atoms with E-state index in [1.807, 2.05) is 30.3 Å². The highest BCUT2D eigenvalue weighted by Gasteiger charge is 2.10. The van der Waals surface area contributed by atoms with Gasteiger partial charge in [0.2, 0.25) is 5.91 Å². The number of benzene rings is 2. The number of nitrogens with zero attached hydrogens (tertiary/aromatic N) is 1. The largest absolute Gasteiger partial charge is 0.492 e. The van der Waals surface area contributed by atoms with Crippen molar-refractivity contribution in [1.29, 1.82) is 0 Å². The highest BCUT2D eigenvalue weighted by Crippen LogP contribution is 2.12. The monoisotopic (exact) mass is 370 g/mol. The second-order valence-electron chi connectivity index (χ2n) is 5.61. The molecule has 7 nitrogen and oxygen atoms in total. The van der Waals surface area contributed by atoms with E-state index in [-0.39, 0.29) is 25.7 Å². The van der Waals surface area contributed by atoms with E-state index in [4.69, 9.17) is 9.94 Å². The molecule has 3 N–H and O–H groups in total. The summed E-state index contributed by atoms with van der Waals surface area (Å²) in [5.74, 6) is -0.293. The molecular formula is C20H22N2O5. The van der Waals surface area contributed by atoms with Crippen LogP contribution in [0.4, 0.5) is 0 Å². The van der Waals surface area contributed by atoms with Gasteiger partial charge >= 0.3 is 0 Å². The summed E-state index contributed by atoms with van der Waals surface area (Å²) in [6, 6.07) is 15.7. The van der Waals surface area contributed by atoms with Gasteiger partial charge in [-0.25, -0.2) is 5.48 Å². The Balaban J connectivity index is 1.87. The summed E-state index contributed by atoms with van der Waals surface area (Å²) in [6.45, 7) is 0.598. The number of rotatable bonds is 9. The molecule has 2 amide bonds. The van der Waals surface area contributed by atoms with Crippen molar-refractivity contribution in [2.45, 2.75) is 0 Å². The van der Waals surface area contributed by atoms with Gasteiger partial charge in [-0.05, 0) is 35.9 Å². The van der Waals surface area contributed by atoms with Gasteiger partial charge in [0, 0.05) is 18.2 Å². The molecule has 0 bridgehead atoms. The number of hydrogen-bond donors (Lipinski definition) is 3. The van der Waals surface area contributed by atoms with E-state index < -0.39 is 5.91 Å². The zero-order valence-electron chi connectivity index (χ0n) is 14.7. The standard InChI is InChI=1S/C20H22N2O5/c23-14-12-22(19(24)11-6-16-4-2-1-3-5-16)13-15-27-18-9-7-17(8-10-18)20(25)21-26/h1-11,23,26H,12-15H2,(H,21,25)/b11-6+. The molecule has 0 radical (unpaired) electrons. The number of hydrogen-bond acceptors (Lipinski definition) is 5. The molecule has 2 rings (SSSR count). The lowest BCUT2D eigenvalue weighted by molar-refractivity contribution is -0.126. The van der Waals surface area contributed by atoms with Crippen LogP contribution in [0.3, 0.4) is 0 Å². The van der Waals surface area contributed by atoms with Gasteiger partial charge in [-0.2, -0.15) is 0 Å². The Labute approximate surface area is 157 Å². The molecule has 0 unspecified atom stereocenters. The Morgan fingerprint density at radius 2 is 1.74 bits per heavy atom. The third-order valence-electron chi connectivity index (χ3n) is 3.75. The molecule has 27 heavy (non-hydrogen) atoms. The van der Waals surface area contributed by atoms with E-state index in [1.54, 1.807) is 23.7 Å². The van der Waals surface area contributed by atoms with Gasteiger partial charge in [0.15, 0.2) is 0 Å². The Kier molecular flexibility index (Phi) is 8.02. The predicted molar refractivity (Wildman–Crippen MR) is 100 cm³/mol. The second kappa shape index (κ2) is 10.7. The molecule has 0 saturated carbocycles. The molecule has 0 spiro atoms. The zero-order valence-corrected chi connectivity index (χ0v) is 14.7. The first-order chi connectivity index (χ1) is 13.1. The number of carbonyl (C=O) groups is 2. The molecule has 0 atom stereocenters. The van der Waals surface area contributed by atoms with Crippen LogP contribution in [-0.4, -0.2) is 53.3 Å². The number of ether oxygens (including phenoxy) is 1. The normalized spacial score (nSPS) is 10.6. The van der Waals surface area contributed by atoms with Crippen LogP contribution >= 0.6 is 0 Å². The summed E-state index contributed by atoms with van der Waals surface area (Å²) in [5, 5.41) is 17.8. The molecule has 0 saturated heterocycles. The highest BCUT2D eigenvalue weighted by atomic mass is 16.5. The summed E-state index contributed by atoms with van der Waals surface area (Å²) >= 11 is 0. The minimum atomic E-state index is -0.605. The van der Waals surface area contributed by atoms with Gasteiger partial charge in [-0.15, -0.1) is 0 Å². The smallest absolute Gasteiger partial charge is 0.274 e. The van der Waals surface area contributed by atoms with Gasteiger partial charge in [0.05, 0.1) is 13.2 Å². The molecule has 142 valence electrons. The maximum atomic E-state index is 12.3. The first kappa shape index (κ1) is 20.2. The summed E-state index contributed by atoms with van der Waals surface area (Å²) in [6.07, 6.45) is 3.19. The molecule has 0 fully saturated rings. The minimum absolute atomic E-state index is 0.143. The van der Waals surface area contributed by atoms with Crippen LogP contribution in [0.25, 0.3) is 6.08 Å². The van der Waals surface area contributed by atoms with Crippen LogP contribution in [0.1, 0.15) is 15.9 Å². The van der Waals surface area contributed by atoms with Gasteiger partial charge in [-0.3, -0.25) is 14.8 Å². The van der Waals surface area contributed by atoms with Crippen molar-refractivity contribution in [2.75, 3.05) is 26.3 Å². The number of nitrogens with one attached hydrogen (secondary N) is 1. The molecule has 7 heteroatoms. The number of amides is 2. The molecule has 2 aromatic rings. The quantitative estimate of drug-likeness (QED) is 0.355. The SMILES string of the molecule is O=C(NO)c1ccc(OCCN(CCO)C(=O)/C=C/c2ccccc2)cc1. The topological polar surface area (TPSA) is 99.1 Å². The van der Waals surface area contributed by atoms with Crippen molar-refractivity contribution in [2.24, 2.45) is 0 Å². The van der Waals surface area contributed by atoms with Crippen molar-refractivity contribution in [3.8, 4) is 5.75 Å². The molecular weight excluding hydrogens is 348 g/mol. The summed E-state index contributed by atoms with van der Waals surface area (Å²) in [7, 11) is 0. The van der Waals surface area contributed by atoms with E-state index in [0.717, 1.165) is 5.56 Å². The lowest BCUT2D eigenvalue weighted by Gasteiger charge is -2.20. The predicted octanol–water partition coefficient (Wildman–Crippen LogP) is 1.72. The number of aliphatic hydroxyl groups excluding tert-OH is 1. The van der Waals surface area contributed by atoms with E-state index in [9.17, 15) is 14.7 Å². The van der Waals surface area contributed by atoms with Crippen LogP contribution in [0.2, 0.25) is 0 Å². The fourth-order valence-corrected chi connectivity index (χ4v) is 2.33. The molecule has 0 aliphatic rings. The number of aliphatic hydroxyl groups is 1. The van der Waals surface area contributed by atoms with Crippen LogP contribution in [0, 0.1) is 0 Å². The first-order valence-electron chi connectivity index (χ1n) is 8.44. The van der Waals surface area contributed by atoms with E-state index in [0.29, 0.717) is 17.9 Å². The van der Waals surface area contributed by atoms with Crippen molar-refractivity contribution >= 4 is 17.9 Å². The van der Waals surface area contributed by atoms with Gasteiger partial charge in [0.25, 0.3) is 5.91 Å². The first-order valence-corrected chi connectivity index (χ1v) is 8.44. The third kappa shape index (κ3) is 6.58. The lowest BCUT2D eigenvalue weighted by Crippen LogP contribution is -2.35. The second-order valence-corrected chi connectivity index (χ2v) is 5.61. The van der Waals surface area contributed by atoms with Gasteiger partial charge in [-0.1, -0.05) is 30.3 Å². The van der Waals surface area contributed by atoms with Crippen molar-refractivity contribution in [3.63, 3.8) is 0 Å². The Hall–Kier alpha value is -3.16. The molecule has 0 aliphatic carbocycles. The average molecular weight is 370 g/mol. The molecule has 0 aliphatic heterocycles. The maximum absolute atomic E-state index is 12.3. The summed E-state index contributed by atoms with van der Waals surface area (Å²) in [5.41, 5.74) is 2.77. The Bertz CT molecular complexity index is 760. The summed E-state index contributed by atoms with van der Waals surface area (Å²) in [4.78, 5) is 25.1. The fourth-order valence-electron chi connectivity index (χ4n) is 2.33. The molecule has 2 aromatic carbocycles. The maximum Gasteiger partial charge on any atom is 0.274 e. The van der Waals surface area contributed by atoms with Crippen LogP contribution in [0.5, 0.6) is 5.75 Å². The summed E-state index contributed by atoms with van der Waals surface area (Å²) < 4.78 is 5.57. The lowest BCUT2D eigenvalue weighted by atomic mass is 10.2. The van der Waals surface area contributed by atoms with Crippen molar-refractivity contribution in [1.82, 2.24) is 10.4 Å². The Morgan fingerprint density at radius 3 is 2.37 bits per heavy atom. The van der Waals surface area contributed by atoms with Crippen LogP contribution in [0.15, 0.2) is 60.7 Å². The third-order valence-corrected chi connectivity index (χ3v) is 3.75. The van der Waals surface area contributed by atoms with E-state index in [1.165, 1.54) is 23.1 Å². The Morgan fingerprint density at radius 1 is 1.04 bits per heavy atom. The van der Waals surface area contributed by atoms with E-state index >= 15 is 0 Å². The molecule has 0 aromatic heterocycles. The molecule has 0 heterocycles. The van der Waals surface area contributed by atoms with Crippen LogP contribution in [-0.2, 0) is 4.79 Å². The highest BCUT2D eigenvalue weighted by molar-refractivity contribution is 5.93. The van der Waals surface area contributed by atoms with Gasteiger partial charge in [0.1, 0.15) is 12.4 Å². The van der Waals surface area contributed by atoms with Crippen LogP contribution < -0.4 is 10.2 Å². The fraction of sp³-hybridized carbons (Fsp3) is 0.200.